The number of alkyl halides is 3. The van der Waals surface area contributed by atoms with Gasteiger partial charge in [0.1, 0.15) is 18.2 Å². The van der Waals surface area contributed by atoms with Crippen LogP contribution in [0.5, 0.6) is 11.5 Å². The van der Waals surface area contributed by atoms with Crippen molar-refractivity contribution in [3.63, 3.8) is 0 Å². The summed E-state index contributed by atoms with van der Waals surface area (Å²) in [5.74, 6) is -0.589. The highest BCUT2D eigenvalue weighted by atomic mass is 19.4. The van der Waals surface area contributed by atoms with E-state index in [1.165, 1.54) is 26.4 Å². The van der Waals surface area contributed by atoms with Crippen molar-refractivity contribution in [3.05, 3.63) is 94.6 Å². The molecular weight excluding hydrogens is 489 g/mol. The van der Waals surface area contributed by atoms with Crippen LogP contribution in [-0.2, 0) is 22.3 Å². The summed E-state index contributed by atoms with van der Waals surface area (Å²) in [5.41, 5.74) is 0.290. The molecule has 0 aromatic heterocycles. The lowest BCUT2D eigenvalue weighted by Crippen LogP contribution is -2.14. The van der Waals surface area contributed by atoms with Crippen molar-refractivity contribution in [3.8, 4) is 17.6 Å². The van der Waals surface area contributed by atoms with E-state index >= 15 is 0 Å². The van der Waals surface area contributed by atoms with Gasteiger partial charge in [-0.3, -0.25) is 4.79 Å². The third kappa shape index (κ3) is 7.11. The number of nitriles is 1. The van der Waals surface area contributed by atoms with Crippen LogP contribution in [0.25, 0.3) is 6.08 Å². The highest BCUT2D eigenvalue weighted by Gasteiger charge is 2.30. The molecule has 1 amide bonds. The minimum Gasteiger partial charge on any atom is -0.493 e. The molecule has 190 valence electrons. The fourth-order valence-electron chi connectivity index (χ4n) is 3.20. The molecule has 3 aromatic rings. The summed E-state index contributed by atoms with van der Waals surface area (Å²) in [4.78, 5) is 24.0. The van der Waals surface area contributed by atoms with Crippen LogP contribution >= 0.6 is 0 Å². The van der Waals surface area contributed by atoms with Crippen molar-refractivity contribution in [1.29, 1.82) is 5.26 Å². The van der Waals surface area contributed by atoms with Crippen molar-refractivity contribution in [2.45, 2.75) is 12.8 Å². The van der Waals surface area contributed by atoms with E-state index in [9.17, 15) is 28.0 Å². The molecule has 0 aliphatic rings. The highest BCUT2D eigenvalue weighted by Crippen LogP contribution is 2.31. The summed E-state index contributed by atoms with van der Waals surface area (Å²) < 4.78 is 54.6. The van der Waals surface area contributed by atoms with Crippen LogP contribution in [0, 0.1) is 11.3 Å². The molecule has 0 radical (unpaired) electrons. The summed E-state index contributed by atoms with van der Waals surface area (Å²) in [6.07, 6.45) is -3.29. The van der Waals surface area contributed by atoms with E-state index in [4.69, 9.17) is 9.47 Å². The number of benzene rings is 3. The largest absolute Gasteiger partial charge is 0.493 e. The Hall–Kier alpha value is -4.78. The molecule has 0 aliphatic heterocycles. The smallest absolute Gasteiger partial charge is 0.416 e. The number of esters is 1. The van der Waals surface area contributed by atoms with Gasteiger partial charge in [-0.05, 0) is 59.7 Å². The Labute approximate surface area is 210 Å². The van der Waals surface area contributed by atoms with E-state index in [2.05, 4.69) is 10.1 Å². The molecule has 10 heteroatoms. The average molecular weight is 510 g/mol. The number of rotatable bonds is 8. The fourth-order valence-corrected chi connectivity index (χ4v) is 3.20. The lowest BCUT2D eigenvalue weighted by atomic mass is 10.1. The maximum absolute atomic E-state index is 12.9. The number of carbonyl (C=O) groups is 2. The van der Waals surface area contributed by atoms with Gasteiger partial charge in [0.15, 0.2) is 11.5 Å². The summed E-state index contributed by atoms with van der Waals surface area (Å²) in [6, 6.07) is 17.3. The van der Waals surface area contributed by atoms with E-state index in [0.717, 1.165) is 23.8 Å². The Balaban J connectivity index is 1.72. The van der Waals surface area contributed by atoms with Crippen molar-refractivity contribution in [2.75, 3.05) is 19.5 Å². The molecule has 3 rings (SSSR count). The molecule has 0 aliphatic carbocycles. The van der Waals surface area contributed by atoms with Gasteiger partial charge in [0.05, 0.1) is 25.3 Å². The van der Waals surface area contributed by atoms with Crippen molar-refractivity contribution < 1.29 is 37.0 Å². The molecule has 37 heavy (non-hydrogen) atoms. The highest BCUT2D eigenvalue weighted by molar-refractivity contribution is 6.09. The summed E-state index contributed by atoms with van der Waals surface area (Å²) >= 11 is 0. The predicted molar refractivity (Wildman–Crippen MR) is 129 cm³/mol. The van der Waals surface area contributed by atoms with Gasteiger partial charge in [-0.25, -0.2) is 4.79 Å². The van der Waals surface area contributed by atoms with Crippen LogP contribution in [0.15, 0.2) is 72.3 Å². The molecule has 0 saturated carbocycles. The molecule has 0 unspecified atom stereocenters. The summed E-state index contributed by atoms with van der Waals surface area (Å²) in [5, 5.41) is 11.7. The van der Waals surface area contributed by atoms with Crippen molar-refractivity contribution in [1.82, 2.24) is 0 Å². The van der Waals surface area contributed by atoms with Crippen LogP contribution < -0.4 is 14.8 Å². The molecule has 0 bridgehead atoms. The minimum absolute atomic E-state index is 0.0954. The maximum Gasteiger partial charge on any atom is 0.416 e. The first kappa shape index (κ1) is 26.8. The van der Waals surface area contributed by atoms with Gasteiger partial charge in [0.25, 0.3) is 5.91 Å². The van der Waals surface area contributed by atoms with Crippen LogP contribution in [0.1, 0.15) is 27.0 Å². The van der Waals surface area contributed by atoms with Crippen LogP contribution in [0.4, 0.5) is 18.9 Å². The van der Waals surface area contributed by atoms with Gasteiger partial charge < -0.3 is 19.5 Å². The Morgan fingerprint density at radius 1 is 1.00 bits per heavy atom. The molecule has 0 spiro atoms. The zero-order valence-electron chi connectivity index (χ0n) is 19.8. The predicted octanol–water partition coefficient (Wildman–Crippen LogP) is 5.63. The van der Waals surface area contributed by atoms with Gasteiger partial charge in [0, 0.05) is 5.69 Å². The number of nitrogens with zero attached hydrogens (tertiary/aromatic N) is 1. The van der Waals surface area contributed by atoms with Gasteiger partial charge in [-0.15, -0.1) is 0 Å². The second kappa shape index (κ2) is 11.8. The number of anilines is 1. The van der Waals surface area contributed by atoms with Crippen LogP contribution in [-0.4, -0.2) is 26.1 Å². The number of amides is 1. The second-order valence-electron chi connectivity index (χ2n) is 7.59. The Morgan fingerprint density at radius 2 is 1.73 bits per heavy atom. The molecular formula is C27H21F3N2O5. The second-order valence-corrected chi connectivity index (χ2v) is 7.59. The molecule has 0 heterocycles. The molecule has 3 aromatic carbocycles. The molecule has 7 nitrogen and oxygen atoms in total. The summed E-state index contributed by atoms with van der Waals surface area (Å²) in [7, 11) is 2.72. The third-order valence-electron chi connectivity index (χ3n) is 5.08. The maximum atomic E-state index is 12.9. The first-order chi connectivity index (χ1) is 17.6. The van der Waals surface area contributed by atoms with E-state index < -0.39 is 23.6 Å². The number of hydrogen-bond donors (Lipinski definition) is 1. The van der Waals surface area contributed by atoms with Gasteiger partial charge >= 0.3 is 12.1 Å². The average Bonchev–Trinajstić information content (AvgIpc) is 2.90. The number of hydrogen-bond acceptors (Lipinski definition) is 6. The van der Waals surface area contributed by atoms with E-state index in [0.29, 0.717) is 22.6 Å². The van der Waals surface area contributed by atoms with Crippen LogP contribution in [0.3, 0.4) is 0 Å². The zero-order chi connectivity index (χ0) is 27.0. The number of methoxy groups -OCH3 is 2. The first-order valence-corrected chi connectivity index (χ1v) is 10.7. The van der Waals surface area contributed by atoms with Crippen LogP contribution in [0.2, 0.25) is 0 Å². The third-order valence-corrected chi connectivity index (χ3v) is 5.08. The Bertz CT molecular complexity index is 1360. The molecule has 1 N–H and O–H groups in total. The number of halogens is 3. The van der Waals surface area contributed by atoms with Gasteiger partial charge in [-0.1, -0.05) is 24.3 Å². The van der Waals surface area contributed by atoms with E-state index in [-0.39, 0.29) is 17.9 Å². The van der Waals surface area contributed by atoms with E-state index in [1.807, 2.05) is 0 Å². The van der Waals surface area contributed by atoms with Gasteiger partial charge in [0.2, 0.25) is 0 Å². The standard InChI is InChI=1S/C27H21F3N2O5/c1-35-24-13-18(8-11-23(24)37-16-17-6-9-19(10-7-17)26(34)36-2)12-20(15-31)25(33)32-22-5-3-4-21(14-22)27(28,29)30/h3-14H,16H2,1-2H3,(H,32,33)/b20-12+. The van der Waals surface area contributed by atoms with Crippen molar-refractivity contribution in [2.24, 2.45) is 0 Å². The van der Waals surface area contributed by atoms with Crippen molar-refractivity contribution >= 4 is 23.6 Å². The topological polar surface area (TPSA) is 97.7 Å². The van der Waals surface area contributed by atoms with Gasteiger partial charge in [-0.2, -0.15) is 18.4 Å². The Morgan fingerprint density at radius 3 is 2.35 bits per heavy atom. The number of carbonyl (C=O) groups excluding carboxylic acids is 2. The minimum atomic E-state index is -4.57. The first-order valence-electron chi connectivity index (χ1n) is 10.7. The molecule has 0 fully saturated rings. The lowest BCUT2D eigenvalue weighted by molar-refractivity contribution is -0.137. The van der Waals surface area contributed by atoms with E-state index in [1.54, 1.807) is 48.5 Å². The normalized spacial score (nSPS) is 11.3. The fraction of sp³-hybridized carbons (Fsp3) is 0.148. The zero-order valence-corrected chi connectivity index (χ0v) is 19.8. The SMILES string of the molecule is COC(=O)c1ccc(COc2ccc(/C=C(\C#N)C(=O)Nc3cccc(C(F)(F)F)c3)cc2OC)cc1. The quantitative estimate of drug-likeness (QED) is 0.240. The molecule has 0 atom stereocenters. The monoisotopic (exact) mass is 510 g/mol. The number of nitrogens with one attached hydrogen (secondary N) is 1. The number of ether oxygens (including phenoxy) is 3. The lowest BCUT2D eigenvalue weighted by Gasteiger charge is -2.12. The Kier molecular flexibility index (Phi) is 8.53. The summed E-state index contributed by atoms with van der Waals surface area (Å²) in [6.45, 7) is 0.176. The molecule has 0 saturated heterocycles.